The van der Waals surface area contributed by atoms with Crippen molar-refractivity contribution in [3.8, 4) is 0 Å². The molecule has 0 aromatic heterocycles. The number of aryl methyl sites for hydroxylation is 1. The molecule has 1 atom stereocenters. The normalized spacial score (nSPS) is 20.6. The summed E-state index contributed by atoms with van der Waals surface area (Å²) >= 11 is 0. The zero-order chi connectivity index (χ0) is 11.7. The lowest BCUT2D eigenvalue weighted by atomic mass is 9.91. The minimum atomic E-state index is 0.550. The summed E-state index contributed by atoms with van der Waals surface area (Å²) in [5.74, 6) is 0. The van der Waals surface area contributed by atoms with Crippen LogP contribution in [0.1, 0.15) is 36.4 Å². The Morgan fingerprint density at radius 1 is 1.00 bits per heavy atom. The molecule has 0 amide bonds. The Morgan fingerprint density at radius 2 is 1.82 bits per heavy atom. The molecule has 0 bridgehead atoms. The Labute approximate surface area is 103 Å². The monoisotopic (exact) mass is 225 g/mol. The Kier molecular flexibility index (Phi) is 2.86. The molecule has 1 aliphatic heterocycles. The summed E-state index contributed by atoms with van der Waals surface area (Å²) in [5.41, 5.74) is 2.85. The predicted octanol–water partition coefficient (Wildman–Crippen LogP) is 3.96. The molecule has 88 valence electrons. The molecule has 0 spiro atoms. The summed E-state index contributed by atoms with van der Waals surface area (Å²) in [5, 5.41) is 6.47. The van der Waals surface area contributed by atoms with E-state index in [1.165, 1.54) is 41.2 Å². The summed E-state index contributed by atoms with van der Waals surface area (Å²) in [6, 6.07) is 13.9. The maximum absolute atomic E-state index is 3.65. The van der Waals surface area contributed by atoms with E-state index >= 15 is 0 Å². The van der Waals surface area contributed by atoms with E-state index < -0.39 is 0 Å². The Bertz CT molecular complexity index is 524. The van der Waals surface area contributed by atoms with Crippen LogP contribution in [0.15, 0.2) is 36.4 Å². The zero-order valence-corrected chi connectivity index (χ0v) is 10.4. The number of piperidine rings is 1. The van der Waals surface area contributed by atoms with Gasteiger partial charge >= 0.3 is 0 Å². The van der Waals surface area contributed by atoms with Gasteiger partial charge in [-0.2, -0.15) is 0 Å². The van der Waals surface area contributed by atoms with Crippen LogP contribution in [0.4, 0.5) is 0 Å². The van der Waals surface area contributed by atoms with E-state index in [9.17, 15) is 0 Å². The molecule has 0 saturated carbocycles. The van der Waals surface area contributed by atoms with Crippen LogP contribution < -0.4 is 5.32 Å². The van der Waals surface area contributed by atoms with Gasteiger partial charge in [-0.15, -0.1) is 0 Å². The lowest BCUT2D eigenvalue weighted by Gasteiger charge is -2.25. The second-order valence-corrected chi connectivity index (χ2v) is 5.02. The lowest BCUT2D eigenvalue weighted by Crippen LogP contribution is -2.26. The SMILES string of the molecule is Cc1ccc([C@H]2CCCCN2)c2ccccc12. The van der Waals surface area contributed by atoms with Crippen LogP contribution in [-0.4, -0.2) is 6.54 Å². The number of hydrogen-bond acceptors (Lipinski definition) is 1. The highest BCUT2D eigenvalue weighted by molar-refractivity contribution is 5.88. The Hall–Kier alpha value is -1.34. The first-order chi connectivity index (χ1) is 8.36. The fraction of sp³-hybridized carbons (Fsp3) is 0.375. The molecule has 1 nitrogen and oxygen atoms in total. The van der Waals surface area contributed by atoms with E-state index in [1.807, 2.05) is 0 Å². The molecule has 17 heavy (non-hydrogen) atoms. The van der Waals surface area contributed by atoms with Gasteiger partial charge in [0.2, 0.25) is 0 Å². The fourth-order valence-electron chi connectivity index (χ4n) is 2.89. The molecule has 0 unspecified atom stereocenters. The maximum Gasteiger partial charge on any atom is 0.0326 e. The number of benzene rings is 2. The molecule has 2 aromatic carbocycles. The molecular formula is C16H19N. The first-order valence-corrected chi connectivity index (χ1v) is 6.58. The standard InChI is InChI=1S/C16H19N/c1-12-9-10-15(16-8-4-5-11-17-16)14-7-3-2-6-13(12)14/h2-3,6-7,9-10,16-17H,4-5,8,11H2,1H3/t16-/m1/s1. The van der Waals surface area contributed by atoms with Crippen molar-refractivity contribution in [2.75, 3.05) is 6.54 Å². The Morgan fingerprint density at radius 3 is 2.59 bits per heavy atom. The van der Waals surface area contributed by atoms with Gasteiger partial charge in [0, 0.05) is 6.04 Å². The van der Waals surface area contributed by atoms with Gasteiger partial charge in [0.1, 0.15) is 0 Å². The molecular weight excluding hydrogens is 206 g/mol. The number of rotatable bonds is 1. The third kappa shape index (κ3) is 1.96. The van der Waals surface area contributed by atoms with E-state index in [4.69, 9.17) is 0 Å². The third-order valence-corrected chi connectivity index (χ3v) is 3.86. The smallest absolute Gasteiger partial charge is 0.0326 e. The van der Waals surface area contributed by atoms with Gasteiger partial charge in [-0.05, 0) is 48.2 Å². The van der Waals surface area contributed by atoms with Crippen molar-refractivity contribution in [2.24, 2.45) is 0 Å². The minimum Gasteiger partial charge on any atom is -0.310 e. The van der Waals surface area contributed by atoms with E-state index in [0.29, 0.717) is 6.04 Å². The highest BCUT2D eigenvalue weighted by atomic mass is 14.9. The largest absolute Gasteiger partial charge is 0.310 e. The van der Waals surface area contributed by atoms with Crippen molar-refractivity contribution in [2.45, 2.75) is 32.2 Å². The Balaban J connectivity index is 2.12. The van der Waals surface area contributed by atoms with Crippen molar-refractivity contribution in [1.82, 2.24) is 5.32 Å². The minimum absolute atomic E-state index is 0.550. The number of hydrogen-bond donors (Lipinski definition) is 1. The quantitative estimate of drug-likeness (QED) is 0.774. The van der Waals surface area contributed by atoms with E-state index in [2.05, 4.69) is 48.6 Å². The average Bonchev–Trinajstić information content (AvgIpc) is 2.41. The molecule has 3 rings (SSSR count). The first-order valence-electron chi connectivity index (χ1n) is 6.58. The lowest BCUT2D eigenvalue weighted by molar-refractivity contribution is 0.414. The van der Waals surface area contributed by atoms with Gasteiger partial charge in [0.05, 0.1) is 0 Å². The van der Waals surface area contributed by atoms with Gasteiger partial charge in [0.15, 0.2) is 0 Å². The van der Waals surface area contributed by atoms with Crippen molar-refractivity contribution in [3.63, 3.8) is 0 Å². The second kappa shape index (κ2) is 4.50. The molecule has 1 saturated heterocycles. The van der Waals surface area contributed by atoms with E-state index in [-0.39, 0.29) is 0 Å². The van der Waals surface area contributed by atoms with Crippen molar-refractivity contribution in [3.05, 3.63) is 47.5 Å². The van der Waals surface area contributed by atoms with Crippen molar-refractivity contribution >= 4 is 10.8 Å². The van der Waals surface area contributed by atoms with Crippen LogP contribution in [0.5, 0.6) is 0 Å². The van der Waals surface area contributed by atoms with Gasteiger partial charge in [-0.3, -0.25) is 0 Å². The zero-order valence-electron chi connectivity index (χ0n) is 10.4. The van der Waals surface area contributed by atoms with Crippen molar-refractivity contribution < 1.29 is 0 Å². The molecule has 2 aromatic rings. The van der Waals surface area contributed by atoms with Gasteiger partial charge in [0.25, 0.3) is 0 Å². The van der Waals surface area contributed by atoms with Crippen LogP contribution in [0.2, 0.25) is 0 Å². The van der Waals surface area contributed by atoms with E-state index in [1.54, 1.807) is 0 Å². The first kappa shape index (κ1) is 10.8. The van der Waals surface area contributed by atoms with Crippen LogP contribution in [0.3, 0.4) is 0 Å². The van der Waals surface area contributed by atoms with E-state index in [0.717, 1.165) is 6.54 Å². The average molecular weight is 225 g/mol. The summed E-state index contributed by atoms with van der Waals surface area (Å²) in [4.78, 5) is 0. The summed E-state index contributed by atoms with van der Waals surface area (Å²) in [6.07, 6.45) is 3.94. The molecule has 1 heteroatoms. The predicted molar refractivity (Wildman–Crippen MR) is 73.3 cm³/mol. The maximum atomic E-state index is 3.65. The second-order valence-electron chi connectivity index (χ2n) is 5.02. The molecule has 0 radical (unpaired) electrons. The van der Waals surface area contributed by atoms with Crippen LogP contribution in [-0.2, 0) is 0 Å². The molecule has 1 N–H and O–H groups in total. The molecule has 1 aliphatic rings. The molecule has 0 aliphatic carbocycles. The highest BCUT2D eigenvalue weighted by Gasteiger charge is 2.16. The molecule has 1 heterocycles. The topological polar surface area (TPSA) is 12.0 Å². The third-order valence-electron chi connectivity index (χ3n) is 3.86. The summed E-state index contributed by atoms with van der Waals surface area (Å²) in [6.45, 7) is 3.35. The summed E-state index contributed by atoms with van der Waals surface area (Å²) < 4.78 is 0. The van der Waals surface area contributed by atoms with Gasteiger partial charge in [-0.1, -0.05) is 42.8 Å². The van der Waals surface area contributed by atoms with Crippen LogP contribution in [0, 0.1) is 6.92 Å². The molecule has 1 fully saturated rings. The van der Waals surface area contributed by atoms with Crippen LogP contribution >= 0.6 is 0 Å². The van der Waals surface area contributed by atoms with Gasteiger partial charge in [-0.25, -0.2) is 0 Å². The fourth-order valence-corrected chi connectivity index (χ4v) is 2.89. The highest BCUT2D eigenvalue weighted by Crippen LogP contribution is 2.30. The number of fused-ring (bicyclic) bond motifs is 1. The van der Waals surface area contributed by atoms with Gasteiger partial charge < -0.3 is 5.32 Å². The number of nitrogens with one attached hydrogen (secondary N) is 1. The van der Waals surface area contributed by atoms with Crippen molar-refractivity contribution in [1.29, 1.82) is 0 Å². The van der Waals surface area contributed by atoms with Crippen LogP contribution in [0.25, 0.3) is 10.8 Å². The summed E-state index contributed by atoms with van der Waals surface area (Å²) in [7, 11) is 0.